The first-order valence-electron chi connectivity index (χ1n) is 4.18. The molecule has 0 spiro atoms. The zero-order chi connectivity index (χ0) is 8.97. The molecule has 0 bridgehead atoms. The van der Waals surface area contributed by atoms with E-state index >= 15 is 0 Å². The molecule has 1 unspecified atom stereocenters. The Morgan fingerprint density at radius 1 is 1.33 bits per heavy atom. The van der Waals surface area contributed by atoms with Crippen LogP contribution >= 0.6 is 0 Å². The van der Waals surface area contributed by atoms with Crippen LogP contribution < -0.4 is 0 Å². The van der Waals surface area contributed by atoms with Gasteiger partial charge in [-0.25, -0.2) is 0 Å². The SMILES string of the molecule is C#[N+]C(C)Cc1ccc(C)cc1. The Balaban J connectivity index is 2.66. The summed E-state index contributed by atoms with van der Waals surface area (Å²) < 4.78 is 0. The van der Waals surface area contributed by atoms with E-state index < -0.39 is 0 Å². The molecule has 0 saturated heterocycles. The van der Waals surface area contributed by atoms with Crippen molar-refractivity contribution < 1.29 is 0 Å². The molecule has 1 aromatic rings. The summed E-state index contributed by atoms with van der Waals surface area (Å²) in [6.07, 6.45) is 0.927. The Morgan fingerprint density at radius 3 is 2.42 bits per heavy atom. The molecule has 1 nitrogen and oxygen atoms in total. The minimum atomic E-state index is 0.215. The van der Waals surface area contributed by atoms with E-state index in [0.29, 0.717) is 0 Å². The number of hydrogen-bond acceptors (Lipinski definition) is 0. The lowest BCUT2D eigenvalue weighted by atomic mass is 10.1. The molecule has 0 radical (unpaired) electrons. The van der Waals surface area contributed by atoms with E-state index in [-0.39, 0.29) is 6.04 Å². The Bertz CT molecular complexity index is 279. The third-order valence-corrected chi connectivity index (χ3v) is 1.91. The molecule has 12 heavy (non-hydrogen) atoms. The third kappa shape index (κ3) is 2.39. The van der Waals surface area contributed by atoms with Gasteiger partial charge >= 0.3 is 0 Å². The van der Waals surface area contributed by atoms with Crippen molar-refractivity contribution in [3.8, 4) is 6.57 Å². The third-order valence-electron chi connectivity index (χ3n) is 1.91. The Labute approximate surface area is 73.9 Å². The second kappa shape index (κ2) is 3.92. The van der Waals surface area contributed by atoms with Gasteiger partial charge in [-0.2, -0.15) is 0 Å². The van der Waals surface area contributed by atoms with Gasteiger partial charge < -0.3 is 0 Å². The quantitative estimate of drug-likeness (QED) is 0.626. The maximum Gasteiger partial charge on any atom is 0.273 e. The normalized spacial score (nSPS) is 12.1. The van der Waals surface area contributed by atoms with E-state index in [1.54, 1.807) is 0 Å². The van der Waals surface area contributed by atoms with Gasteiger partial charge in [0.1, 0.15) is 0 Å². The standard InChI is InChI=1S/C11H14N/c1-9-4-6-11(7-5-9)8-10(2)12-3/h3-7,10H,8H2,1-2H3/q+1. The summed E-state index contributed by atoms with van der Waals surface area (Å²) in [5.74, 6) is 0. The van der Waals surface area contributed by atoms with Crippen LogP contribution in [0.3, 0.4) is 0 Å². The first-order chi connectivity index (χ1) is 5.72. The summed E-state index contributed by atoms with van der Waals surface area (Å²) in [4.78, 5) is 3.71. The molecule has 1 atom stereocenters. The summed E-state index contributed by atoms with van der Waals surface area (Å²) in [7, 11) is 0. The topological polar surface area (TPSA) is 4.36 Å². The average Bonchev–Trinajstić information content (AvgIpc) is 2.09. The molecule has 0 aliphatic heterocycles. The van der Waals surface area contributed by atoms with Gasteiger partial charge in [0, 0.05) is 6.92 Å². The lowest BCUT2D eigenvalue weighted by molar-refractivity contribution is 0.846. The minimum Gasteiger partial charge on any atom is -0.0836 e. The van der Waals surface area contributed by atoms with Crippen molar-refractivity contribution in [2.75, 3.05) is 0 Å². The average molecular weight is 160 g/mol. The molecule has 1 heteroatoms. The maximum absolute atomic E-state index is 5.17. The molecule has 0 amide bonds. The van der Waals surface area contributed by atoms with Gasteiger partial charge in [-0.3, -0.25) is 0 Å². The molecular weight excluding hydrogens is 146 g/mol. The zero-order valence-corrected chi connectivity index (χ0v) is 7.62. The van der Waals surface area contributed by atoms with Crippen LogP contribution in [0, 0.1) is 13.5 Å². The predicted molar refractivity (Wildman–Crippen MR) is 52.6 cm³/mol. The van der Waals surface area contributed by atoms with Crippen LogP contribution in [-0.2, 0) is 6.42 Å². The number of hydrogen-bond donors (Lipinski definition) is 0. The molecule has 0 fully saturated rings. The van der Waals surface area contributed by atoms with Crippen LogP contribution in [0.5, 0.6) is 0 Å². The highest BCUT2D eigenvalue weighted by Gasteiger charge is 2.08. The number of benzene rings is 1. The first-order valence-corrected chi connectivity index (χ1v) is 4.18. The molecule has 0 aliphatic rings. The smallest absolute Gasteiger partial charge is 0.0836 e. The second-order valence-corrected chi connectivity index (χ2v) is 3.19. The Morgan fingerprint density at radius 2 is 1.92 bits per heavy atom. The maximum atomic E-state index is 5.17. The molecule has 0 aliphatic carbocycles. The van der Waals surface area contributed by atoms with Gasteiger partial charge in [-0.1, -0.05) is 34.7 Å². The van der Waals surface area contributed by atoms with E-state index in [1.807, 2.05) is 6.92 Å². The van der Waals surface area contributed by atoms with Gasteiger partial charge in [0.25, 0.3) is 12.6 Å². The number of nitrogens with zero attached hydrogens (tertiary/aromatic N) is 1. The fourth-order valence-corrected chi connectivity index (χ4v) is 1.12. The summed E-state index contributed by atoms with van der Waals surface area (Å²) in [5, 5.41) is 0. The van der Waals surface area contributed by atoms with E-state index in [1.165, 1.54) is 11.1 Å². The van der Waals surface area contributed by atoms with Crippen LogP contribution in [-0.4, -0.2) is 6.04 Å². The highest BCUT2D eigenvalue weighted by Crippen LogP contribution is 2.07. The largest absolute Gasteiger partial charge is 0.273 e. The van der Waals surface area contributed by atoms with Crippen molar-refractivity contribution in [3.63, 3.8) is 0 Å². The van der Waals surface area contributed by atoms with Crippen LogP contribution in [0.2, 0.25) is 0 Å². The van der Waals surface area contributed by atoms with Crippen molar-refractivity contribution in [1.82, 2.24) is 0 Å². The van der Waals surface area contributed by atoms with Crippen LogP contribution in [0.25, 0.3) is 4.85 Å². The van der Waals surface area contributed by atoms with Gasteiger partial charge in [-0.05, 0) is 12.5 Å². The summed E-state index contributed by atoms with van der Waals surface area (Å²) in [6.45, 7) is 9.27. The van der Waals surface area contributed by atoms with Gasteiger partial charge in [-0.15, -0.1) is 0 Å². The van der Waals surface area contributed by atoms with E-state index in [4.69, 9.17) is 6.57 Å². The van der Waals surface area contributed by atoms with Gasteiger partial charge in [0.2, 0.25) is 0 Å². The molecule has 0 aromatic heterocycles. The first kappa shape index (κ1) is 8.80. The van der Waals surface area contributed by atoms with Crippen molar-refractivity contribution in [2.45, 2.75) is 26.3 Å². The zero-order valence-electron chi connectivity index (χ0n) is 7.62. The van der Waals surface area contributed by atoms with Crippen LogP contribution in [0.15, 0.2) is 24.3 Å². The van der Waals surface area contributed by atoms with Gasteiger partial charge in [0.05, 0.1) is 6.42 Å². The summed E-state index contributed by atoms with van der Waals surface area (Å²) >= 11 is 0. The van der Waals surface area contributed by atoms with Crippen LogP contribution in [0.1, 0.15) is 18.1 Å². The predicted octanol–water partition coefficient (Wildman–Crippen LogP) is 2.89. The van der Waals surface area contributed by atoms with E-state index in [9.17, 15) is 0 Å². The second-order valence-electron chi connectivity index (χ2n) is 3.19. The fourth-order valence-electron chi connectivity index (χ4n) is 1.12. The Hall–Kier alpha value is -1.29. The molecular formula is C11H14N+. The molecule has 1 rings (SSSR count). The molecule has 0 heterocycles. The number of rotatable bonds is 2. The monoisotopic (exact) mass is 160 g/mol. The van der Waals surface area contributed by atoms with E-state index in [0.717, 1.165) is 6.42 Å². The fraction of sp³-hybridized carbons (Fsp3) is 0.364. The minimum absolute atomic E-state index is 0.215. The molecule has 1 aromatic carbocycles. The van der Waals surface area contributed by atoms with Gasteiger partial charge in [0.15, 0.2) is 0 Å². The number of aryl methyl sites for hydroxylation is 1. The lowest BCUT2D eigenvalue weighted by Crippen LogP contribution is -1.99. The summed E-state index contributed by atoms with van der Waals surface area (Å²) in [6, 6.07) is 8.68. The highest BCUT2D eigenvalue weighted by atomic mass is 14.7. The molecule has 0 N–H and O–H groups in total. The van der Waals surface area contributed by atoms with Crippen molar-refractivity contribution in [2.24, 2.45) is 0 Å². The van der Waals surface area contributed by atoms with Crippen LogP contribution in [0.4, 0.5) is 0 Å². The van der Waals surface area contributed by atoms with Crippen molar-refractivity contribution in [1.29, 1.82) is 0 Å². The van der Waals surface area contributed by atoms with E-state index in [2.05, 4.69) is 36.0 Å². The Kier molecular flexibility index (Phi) is 2.88. The highest BCUT2D eigenvalue weighted by molar-refractivity contribution is 5.22. The molecule has 62 valence electrons. The lowest BCUT2D eigenvalue weighted by Gasteiger charge is -1.97. The van der Waals surface area contributed by atoms with Crippen molar-refractivity contribution in [3.05, 3.63) is 40.2 Å². The molecule has 0 saturated carbocycles. The van der Waals surface area contributed by atoms with Crippen molar-refractivity contribution >= 4 is 0 Å². The summed E-state index contributed by atoms with van der Waals surface area (Å²) in [5.41, 5.74) is 2.58.